The van der Waals surface area contributed by atoms with Crippen LogP contribution in [0.25, 0.3) is 0 Å². The molecule has 1 N–H and O–H groups in total. The Morgan fingerprint density at radius 2 is 1.94 bits per heavy atom. The molecule has 2 aliphatic rings. The highest BCUT2D eigenvalue weighted by atomic mass is 16.6. The van der Waals surface area contributed by atoms with Crippen LogP contribution in [0.5, 0.6) is 0 Å². The third-order valence-corrected chi connectivity index (χ3v) is 3.34. The first-order chi connectivity index (χ1) is 7.96. The summed E-state index contributed by atoms with van der Waals surface area (Å²) in [6, 6.07) is 0.613. The zero-order chi connectivity index (χ0) is 12.5. The van der Waals surface area contributed by atoms with E-state index < -0.39 is 5.60 Å². The van der Waals surface area contributed by atoms with Crippen molar-refractivity contribution in [2.24, 2.45) is 5.92 Å². The second kappa shape index (κ2) is 4.84. The molecular weight excluding hydrogens is 216 g/mol. The van der Waals surface area contributed by atoms with Gasteiger partial charge in [0.25, 0.3) is 0 Å². The third kappa shape index (κ3) is 3.87. The van der Waals surface area contributed by atoms with Gasteiger partial charge < -0.3 is 15.0 Å². The maximum atomic E-state index is 11.9. The number of hydrogen-bond donors (Lipinski definition) is 1. The number of nitrogens with zero attached hydrogens (tertiary/aromatic N) is 1. The van der Waals surface area contributed by atoms with Gasteiger partial charge in [-0.15, -0.1) is 0 Å². The number of carbonyl (C=O) groups is 1. The van der Waals surface area contributed by atoms with Crippen LogP contribution >= 0.6 is 0 Å². The van der Waals surface area contributed by atoms with E-state index in [1.807, 2.05) is 25.7 Å². The van der Waals surface area contributed by atoms with Crippen molar-refractivity contribution in [3.05, 3.63) is 0 Å². The van der Waals surface area contributed by atoms with E-state index in [1.54, 1.807) is 0 Å². The van der Waals surface area contributed by atoms with E-state index in [4.69, 9.17) is 4.74 Å². The number of carbonyl (C=O) groups excluding carboxylic acids is 1. The van der Waals surface area contributed by atoms with Gasteiger partial charge in [0, 0.05) is 25.7 Å². The van der Waals surface area contributed by atoms with Gasteiger partial charge in [0.05, 0.1) is 0 Å². The molecule has 1 saturated heterocycles. The molecular formula is C13H24N2O2. The molecule has 1 saturated carbocycles. The zero-order valence-corrected chi connectivity index (χ0v) is 11.2. The largest absolute Gasteiger partial charge is 0.444 e. The molecule has 2 fully saturated rings. The monoisotopic (exact) mass is 240 g/mol. The molecule has 0 spiro atoms. The van der Waals surface area contributed by atoms with E-state index in [9.17, 15) is 4.79 Å². The van der Waals surface area contributed by atoms with Crippen LogP contribution in [0.2, 0.25) is 0 Å². The minimum Gasteiger partial charge on any atom is -0.444 e. The van der Waals surface area contributed by atoms with Crippen molar-refractivity contribution in [3.8, 4) is 0 Å². The van der Waals surface area contributed by atoms with Crippen LogP contribution in [0.4, 0.5) is 4.79 Å². The van der Waals surface area contributed by atoms with E-state index in [0.717, 1.165) is 32.0 Å². The van der Waals surface area contributed by atoms with Crippen molar-refractivity contribution in [3.63, 3.8) is 0 Å². The van der Waals surface area contributed by atoms with Gasteiger partial charge in [-0.3, -0.25) is 0 Å². The summed E-state index contributed by atoms with van der Waals surface area (Å²) in [5, 5.41) is 3.54. The summed E-state index contributed by atoms with van der Waals surface area (Å²) >= 11 is 0. The summed E-state index contributed by atoms with van der Waals surface area (Å²) in [5.41, 5.74) is -0.396. The van der Waals surface area contributed by atoms with Crippen molar-refractivity contribution < 1.29 is 9.53 Å². The SMILES string of the molecule is CC(C)(C)OC(=O)N1CCNC(C2CC2)CC1. The Bertz CT molecular complexity index is 282. The lowest BCUT2D eigenvalue weighted by atomic mass is 10.1. The van der Waals surface area contributed by atoms with E-state index in [2.05, 4.69) is 5.32 Å². The third-order valence-electron chi connectivity index (χ3n) is 3.34. The zero-order valence-electron chi connectivity index (χ0n) is 11.2. The number of rotatable bonds is 1. The van der Waals surface area contributed by atoms with E-state index in [1.165, 1.54) is 12.8 Å². The fraction of sp³-hybridized carbons (Fsp3) is 0.923. The Hall–Kier alpha value is -0.770. The maximum absolute atomic E-state index is 11.9. The molecule has 17 heavy (non-hydrogen) atoms. The molecule has 1 aliphatic heterocycles. The molecule has 0 radical (unpaired) electrons. The van der Waals surface area contributed by atoms with Gasteiger partial charge in [-0.2, -0.15) is 0 Å². The van der Waals surface area contributed by atoms with Crippen molar-refractivity contribution in [2.75, 3.05) is 19.6 Å². The highest BCUT2D eigenvalue weighted by Gasteiger charge is 2.33. The molecule has 0 aromatic heterocycles. The van der Waals surface area contributed by atoms with E-state index in [0.29, 0.717) is 6.04 Å². The lowest BCUT2D eigenvalue weighted by Crippen LogP contribution is -2.38. The second-order valence-corrected chi connectivity index (χ2v) is 6.15. The van der Waals surface area contributed by atoms with Crippen molar-refractivity contribution >= 4 is 6.09 Å². The molecule has 4 heteroatoms. The quantitative estimate of drug-likeness (QED) is 0.762. The van der Waals surface area contributed by atoms with Crippen molar-refractivity contribution in [2.45, 2.75) is 51.7 Å². The van der Waals surface area contributed by atoms with Crippen LogP contribution in [0.3, 0.4) is 0 Å². The Kier molecular flexibility index (Phi) is 3.61. The Labute approximate surface area is 104 Å². The van der Waals surface area contributed by atoms with Gasteiger partial charge in [0.2, 0.25) is 0 Å². The molecule has 0 aromatic carbocycles. The first kappa shape index (κ1) is 12.7. The van der Waals surface area contributed by atoms with Crippen molar-refractivity contribution in [1.29, 1.82) is 0 Å². The lowest BCUT2D eigenvalue weighted by molar-refractivity contribution is 0.0261. The van der Waals surface area contributed by atoms with Gasteiger partial charge in [0.1, 0.15) is 5.60 Å². The second-order valence-electron chi connectivity index (χ2n) is 6.15. The first-order valence-corrected chi connectivity index (χ1v) is 6.67. The molecule has 0 aromatic rings. The van der Waals surface area contributed by atoms with Gasteiger partial charge in [-0.25, -0.2) is 4.79 Å². The van der Waals surface area contributed by atoms with Gasteiger partial charge in [-0.1, -0.05) is 0 Å². The van der Waals surface area contributed by atoms with Crippen LogP contribution < -0.4 is 5.32 Å². The summed E-state index contributed by atoms with van der Waals surface area (Å²) in [6.45, 7) is 8.21. The van der Waals surface area contributed by atoms with Gasteiger partial charge in [0.15, 0.2) is 0 Å². The molecule has 4 nitrogen and oxygen atoms in total. The molecule has 1 amide bonds. The molecule has 2 rings (SSSR count). The highest BCUT2D eigenvalue weighted by molar-refractivity contribution is 5.68. The smallest absolute Gasteiger partial charge is 0.410 e. The molecule has 1 aliphatic carbocycles. The molecule has 1 unspecified atom stereocenters. The summed E-state index contributed by atoms with van der Waals surface area (Å²) in [7, 11) is 0. The number of ether oxygens (including phenoxy) is 1. The summed E-state index contributed by atoms with van der Waals surface area (Å²) in [5.74, 6) is 0.855. The maximum Gasteiger partial charge on any atom is 0.410 e. The van der Waals surface area contributed by atoms with E-state index in [-0.39, 0.29) is 6.09 Å². The molecule has 0 bridgehead atoms. The van der Waals surface area contributed by atoms with Crippen molar-refractivity contribution in [1.82, 2.24) is 10.2 Å². The van der Waals surface area contributed by atoms with Gasteiger partial charge in [-0.05, 0) is 46.0 Å². The van der Waals surface area contributed by atoms with E-state index >= 15 is 0 Å². The summed E-state index contributed by atoms with van der Waals surface area (Å²) in [6.07, 6.45) is 3.59. The average molecular weight is 240 g/mol. The minimum absolute atomic E-state index is 0.171. The lowest BCUT2D eigenvalue weighted by Gasteiger charge is -2.26. The molecule has 1 atom stereocenters. The van der Waals surface area contributed by atoms with Crippen LogP contribution in [0, 0.1) is 5.92 Å². The summed E-state index contributed by atoms with van der Waals surface area (Å²) in [4.78, 5) is 13.8. The number of amides is 1. The predicted octanol–water partition coefficient (Wildman–Crippen LogP) is 2.00. The van der Waals surface area contributed by atoms with Crippen LogP contribution in [0.1, 0.15) is 40.0 Å². The standard InChI is InChI=1S/C13H24N2O2/c1-13(2,3)17-12(16)15-8-6-11(10-4-5-10)14-7-9-15/h10-11,14H,4-9H2,1-3H3. The Morgan fingerprint density at radius 1 is 1.24 bits per heavy atom. The number of nitrogens with one attached hydrogen (secondary N) is 1. The normalized spacial score (nSPS) is 26.5. The molecule has 1 heterocycles. The van der Waals surface area contributed by atoms with Gasteiger partial charge >= 0.3 is 6.09 Å². The van der Waals surface area contributed by atoms with Crippen LogP contribution in [-0.2, 0) is 4.74 Å². The Balaban J connectivity index is 1.83. The predicted molar refractivity (Wildman–Crippen MR) is 66.9 cm³/mol. The average Bonchev–Trinajstić information content (AvgIpc) is 3.02. The van der Waals surface area contributed by atoms with Crippen LogP contribution in [-0.4, -0.2) is 42.3 Å². The molecule has 98 valence electrons. The minimum atomic E-state index is -0.396. The van der Waals surface area contributed by atoms with Crippen LogP contribution in [0.15, 0.2) is 0 Å². The topological polar surface area (TPSA) is 41.6 Å². The summed E-state index contributed by atoms with van der Waals surface area (Å²) < 4.78 is 5.40. The fourth-order valence-electron chi connectivity index (χ4n) is 2.30. The number of hydrogen-bond acceptors (Lipinski definition) is 3. The highest BCUT2D eigenvalue weighted by Crippen LogP contribution is 2.34. The Morgan fingerprint density at radius 3 is 2.53 bits per heavy atom. The first-order valence-electron chi connectivity index (χ1n) is 6.67. The fourth-order valence-corrected chi connectivity index (χ4v) is 2.30.